The maximum Gasteiger partial charge on any atom is 0.222 e. The highest BCUT2D eigenvalue weighted by atomic mass is 15.0. The summed E-state index contributed by atoms with van der Waals surface area (Å²) >= 11 is 0. The zero-order chi connectivity index (χ0) is 9.84. The second-order valence-corrected chi connectivity index (χ2v) is 2.41. The number of aryl methyl sites for hydroxylation is 1. The van der Waals surface area contributed by atoms with Crippen LogP contribution in [-0.2, 0) is 0 Å². The molecule has 3 N–H and O–H groups in total. The van der Waals surface area contributed by atoms with Gasteiger partial charge in [-0.05, 0) is 13.0 Å². The molecule has 0 aliphatic carbocycles. The van der Waals surface area contributed by atoms with E-state index in [0.29, 0.717) is 5.95 Å². The van der Waals surface area contributed by atoms with Crippen LogP contribution in [-0.4, -0.2) is 15.0 Å². The topological polar surface area (TPSA) is 67.6 Å². The lowest BCUT2D eigenvalue weighted by Crippen LogP contribution is -1.96. The van der Waals surface area contributed by atoms with Crippen molar-refractivity contribution in [2.24, 2.45) is 0 Å². The van der Waals surface area contributed by atoms with Crippen LogP contribution in [0.2, 0.25) is 0 Å². The lowest BCUT2D eigenvalue weighted by atomic mass is 10.3. The van der Waals surface area contributed by atoms with Crippen molar-refractivity contribution in [1.29, 1.82) is 0 Å². The van der Waals surface area contributed by atoms with E-state index in [2.05, 4.69) is 15.0 Å². The maximum atomic E-state index is 5.44. The van der Waals surface area contributed by atoms with Gasteiger partial charge in [0, 0.05) is 11.6 Å². The third-order valence-electron chi connectivity index (χ3n) is 1.62. The number of aromatic amines is 1. The summed E-state index contributed by atoms with van der Waals surface area (Å²) in [4.78, 5) is 11.0. The van der Waals surface area contributed by atoms with E-state index < -0.39 is 0 Å². The van der Waals surface area contributed by atoms with Crippen molar-refractivity contribution in [2.45, 2.75) is 20.8 Å². The maximum absolute atomic E-state index is 5.44. The average Bonchev–Trinajstić information content (AvgIpc) is 2.55. The first-order valence-corrected chi connectivity index (χ1v) is 4.34. The van der Waals surface area contributed by atoms with E-state index in [4.69, 9.17) is 5.73 Å². The van der Waals surface area contributed by atoms with E-state index in [1.807, 2.05) is 33.0 Å². The molecule has 70 valence electrons. The van der Waals surface area contributed by atoms with Crippen molar-refractivity contribution < 1.29 is 0 Å². The Kier molecular flexibility index (Phi) is 2.84. The normalized spacial score (nSPS) is 9.46. The van der Waals surface area contributed by atoms with E-state index in [1.54, 1.807) is 0 Å². The number of nitrogens with two attached hydrogens (primary N) is 1. The number of nitrogens with one attached hydrogen (secondary N) is 1. The fraction of sp³-hybridized carbons (Fsp3) is 0.333. The number of hydrogen-bond donors (Lipinski definition) is 2. The van der Waals surface area contributed by atoms with Crippen LogP contribution in [0.4, 0.5) is 5.95 Å². The van der Waals surface area contributed by atoms with Crippen LogP contribution >= 0.6 is 0 Å². The van der Waals surface area contributed by atoms with E-state index in [0.717, 1.165) is 16.7 Å². The van der Waals surface area contributed by atoms with Gasteiger partial charge in [0.25, 0.3) is 0 Å². The van der Waals surface area contributed by atoms with Gasteiger partial charge in [-0.1, -0.05) is 13.8 Å². The van der Waals surface area contributed by atoms with Crippen molar-refractivity contribution in [3.63, 3.8) is 0 Å². The SMILES string of the molecule is CC.Cc1nc(N)nc2[nH]ccc12. The van der Waals surface area contributed by atoms with Gasteiger partial charge in [0.15, 0.2) is 0 Å². The van der Waals surface area contributed by atoms with Crippen molar-refractivity contribution in [3.05, 3.63) is 18.0 Å². The van der Waals surface area contributed by atoms with Gasteiger partial charge in [-0.2, -0.15) is 4.98 Å². The number of nitrogen functional groups attached to an aromatic ring is 1. The van der Waals surface area contributed by atoms with Crippen molar-refractivity contribution in [3.8, 4) is 0 Å². The van der Waals surface area contributed by atoms with Crippen LogP contribution in [0.5, 0.6) is 0 Å². The van der Waals surface area contributed by atoms with Crippen LogP contribution in [0, 0.1) is 6.92 Å². The fourth-order valence-corrected chi connectivity index (χ4v) is 1.12. The predicted molar refractivity (Wildman–Crippen MR) is 54.4 cm³/mol. The first kappa shape index (κ1) is 9.51. The molecule has 2 aromatic heterocycles. The second-order valence-electron chi connectivity index (χ2n) is 2.41. The van der Waals surface area contributed by atoms with E-state index >= 15 is 0 Å². The van der Waals surface area contributed by atoms with Crippen molar-refractivity contribution in [1.82, 2.24) is 15.0 Å². The Morgan fingerprint density at radius 1 is 1.31 bits per heavy atom. The summed E-state index contributed by atoms with van der Waals surface area (Å²) in [6, 6.07) is 1.93. The molecule has 0 amide bonds. The molecule has 2 rings (SSSR count). The van der Waals surface area contributed by atoms with Gasteiger partial charge in [0.1, 0.15) is 5.65 Å². The first-order chi connectivity index (χ1) is 6.27. The van der Waals surface area contributed by atoms with Crippen LogP contribution in [0.1, 0.15) is 19.5 Å². The van der Waals surface area contributed by atoms with Crippen molar-refractivity contribution in [2.75, 3.05) is 5.73 Å². The van der Waals surface area contributed by atoms with Gasteiger partial charge in [-0.15, -0.1) is 0 Å². The highest BCUT2D eigenvalue weighted by molar-refractivity contribution is 5.78. The molecule has 0 saturated carbocycles. The van der Waals surface area contributed by atoms with Crippen LogP contribution in [0.25, 0.3) is 11.0 Å². The van der Waals surface area contributed by atoms with Crippen LogP contribution < -0.4 is 5.73 Å². The summed E-state index contributed by atoms with van der Waals surface area (Å²) in [5, 5.41) is 1.03. The molecular weight excluding hydrogens is 164 g/mol. The molecule has 0 spiro atoms. The van der Waals surface area contributed by atoms with E-state index in [1.165, 1.54) is 0 Å². The molecule has 4 heteroatoms. The summed E-state index contributed by atoms with van der Waals surface area (Å²) in [6.07, 6.45) is 1.83. The lowest BCUT2D eigenvalue weighted by molar-refractivity contribution is 1.16. The van der Waals surface area contributed by atoms with Gasteiger partial charge in [-0.25, -0.2) is 4.98 Å². The minimum Gasteiger partial charge on any atom is -0.368 e. The zero-order valence-corrected chi connectivity index (χ0v) is 8.13. The molecular formula is C9H14N4. The Bertz CT molecular complexity index is 391. The minimum atomic E-state index is 0.317. The third kappa shape index (κ3) is 1.77. The fourth-order valence-electron chi connectivity index (χ4n) is 1.12. The van der Waals surface area contributed by atoms with Gasteiger partial charge < -0.3 is 10.7 Å². The second kappa shape index (κ2) is 3.89. The Morgan fingerprint density at radius 2 is 2.00 bits per heavy atom. The standard InChI is InChI=1S/C7H8N4.C2H6/c1-4-5-2-3-9-6(5)11-7(8)10-4;1-2/h2-3H,1H3,(H3,8,9,10,11);1-2H3. The predicted octanol–water partition coefficient (Wildman–Crippen LogP) is 1.87. The Balaban J connectivity index is 0.000000396. The van der Waals surface area contributed by atoms with Gasteiger partial charge >= 0.3 is 0 Å². The third-order valence-corrected chi connectivity index (χ3v) is 1.62. The quantitative estimate of drug-likeness (QED) is 0.647. The molecule has 2 aromatic rings. The molecule has 0 saturated heterocycles. The highest BCUT2D eigenvalue weighted by Gasteiger charge is 2.00. The molecule has 0 aliphatic rings. The van der Waals surface area contributed by atoms with Crippen molar-refractivity contribution >= 4 is 17.0 Å². The molecule has 0 bridgehead atoms. The minimum absolute atomic E-state index is 0.317. The molecule has 2 heterocycles. The molecule has 0 aliphatic heterocycles. The smallest absolute Gasteiger partial charge is 0.222 e. The molecule has 0 unspecified atom stereocenters. The number of fused-ring (bicyclic) bond motifs is 1. The Labute approximate surface area is 77.2 Å². The number of rotatable bonds is 0. The van der Waals surface area contributed by atoms with Crippen LogP contribution in [0.3, 0.4) is 0 Å². The summed E-state index contributed by atoms with van der Waals surface area (Å²) in [5.74, 6) is 0.317. The monoisotopic (exact) mass is 178 g/mol. The number of anilines is 1. The van der Waals surface area contributed by atoms with Crippen LogP contribution in [0.15, 0.2) is 12.3 Å². The Hall–Kier alpha value is -1.58. The molecule has 0 radical (unpaired) electrons. The number of H-pyrrole nitrogens is 1. The van der Waals surface area contributed by atoms with E-state index in [9.17, 15) is 0 Å². The Morgan fingerprint density at radius 3 is 2.69 bits per heavy atom. The zero-order valence-electron chi connectivity index (χ0n) is 8.13. The molecule has 4 nitrogen and oxygen atoms in total. The largest absolute Gasteiger partial charge is 0.368 e. The summed E-state index contributed by atoms with van der Waals surface area (Å²) in [6.45, 7) is 5.91. The summed E-state index contributed by atoms with van der Waals surface area (Å²) < 4.78 is 0. The van der Waals surface area contributed by atoms with E-state index in [-0.39, 0.29) is 0 Å². The molecule has 0 fully saturated rings. The van der Waals surface area contributed by atoms with Gasteiger partial charge in [0.2, 0.25) is 5.95 Å². The van der Waals surface area contributed by atoms with Gasteiger partial charge in [0.05, 0.1) is 5.69 Å². The molecule has 0 atom stereocenters. The summed E-state index contributed by atoms with van der Waals surface area (Å²) in [7, 11) is 0. The number of hydrogen-bond acceptors (Lipinski definition) is 3. The number of nitrogens with zero attached hydrogens (tertiary/aromatic N) is 2. The first-order valence-electron chi connectivity index (χ1n) is 4.34. The number of aromatic nitrogens is 3. The molecule has 13 heavy (non-hydrogen) atoms. The van der Waals surface area contributed by atoms with Gasteiger partial charge in [-0.3, -0.25) is 0 Å². The lowest BCUT2D eigenvalue weighted by Gasteiger charge is -1.95. The average molecular weight is 178 g/mol. The highest BCUT2D eigenvalue weighted by Crippen LogP contribution is 2.13. The molecule has 0 aromatic carbocycles. The summed E-state index contributed by atoms with van der Waals surface area (Å²) in [5.41, 5.74) is 7.15.